The molecule has 2 rings (SSSR count). The van der Waals surface area contributed by atoms with Gasteiger partial charge in [-0.3, -0.25) is 4.79 Å². The minimum absolute atomic E-state index is 0.204. The predicted molar refractivity (Wildman–Crippen MR) is 56.0 cm³/mol. The zero-order valence-electron chi connectivity index (χ0n) is 7.98. The first kappa shape index (κ1) is 9.71. The maximum atomic E-state index is 11.5. The third-order valence-electron chi connectivity index (χ3n) is 2.42. The van der Waals surface area contributed by atoms with E-state index in [2.05, 4.69) is 20.9 Å². The van der Waals surface area contributed by atoms with E-state index >= 15 is 0 Å². The summed E-state index contributed by atoms with van der Waals surface area (Å²) in [6.45, 7) is 1.40. The molecule has 0 N–H and O–H groups in total. The molecule has 1 aromatic heterocycles. The van der Waals surface area contributed by atoms with Gasteiger partial charge in [0.1, 0.15) is 5.82 Å². The van der Waals surface area contributed by atoms with Crippen molar-refractivity contribution in [3.8, 4) is 0 Å². The summed E-state index contributed by atoms with van der Waals surface area (Å²) in [6.07, 6.45) is 4.24. The molecule has 1 unspecified atom stereocenters. The van der Waals surface area contributed by atoms with Crippen LogP contribution in [0.5, 0.6) is 0 Å². The fraction of sp³-hybridized carbons (Fsp3) is 0.556. The number of carbonyl (C=O) groups is 1. The van der Waals surface area contributed by atoms with Crippen molar-refractivity contribution in [3.63, 3.8) is 0 Å². The number of imidazole rings is 1. The molecule has 0 bridgehead atoms. The lowest BCUT2D eigenvalue weighted by molar-refractivity contribution is -0.128. The molecular weight excluding hydrogens is 246 g/mol. The summed E-state index contributed by atoms with van der Waals surface area (Å²) in [6, 6.07) is 0. The molecule has 1 aliphatic rings. The Hall–Kier alpha value is -0.840. The van der Waals surface area contributed by atoms with Gasteiger partial charge in [0.2, 0.25) is 5.91 Å². The quantitative estimate of drug-likeness (QED) is 0.740. The number of likely N-dealkylation sites (tertiary alicyclic amines) is 1. The van der Waals surface area contributed by atoms with Crippen LogP contribution in [0.15, 0.2) is 12.4 Å². The van der Waals surface area contributed by atoms with E-state index in [-0.39, 0.29) is 5.91 Å². The fourth-order valence-corrected chi connectivity index (χ4v) is 2.22. The van der Waals surface area contributed by atoms with Crippen LogP contribution >= 0.6 is 15.9 Å². The zero-order chi connectivity index (χ0) is 10.1. The number of hydrogen-bond donors (Lipinski definition) is 0. The Kier molecular flexibility index (Phi) is 2.58. The van der Waals surface area contributed by atoms with Crippen molar-refractivity contribution < 1.29 is 4.79 Å². The van der Waals surface area contributed by atoms with Crippen LogP contribution in [0.1, 0.15) is 12.2 Å². The molecule has 4 nitrogen and oxygen atoms in total. The Morgan fingerprint density at radius 2 is 2.50 bits per heavy atom. The summed E-state index contributed by atoms with van der Waals surface area (Å²) in [5, 5.41) is 0. The molecule has 0 aromatic carbocycles. The van der Waals surface area contributed by atoms with Gasteiger partial charge in [-0.05, 0) is 0 Å². The predicted octanol–water partition coefficient (Wildman–Crippen LogP) is 0.916. The molecule has 14 heavy (non-hydrogen) atoms. The number of carbonyl (C=O) groups excluding carboxylic acids is 1. The Labute approximate surface area is 91.0 Å². The molecule has 5 heteroatoms. The van der Waals surface area contributed by atoms with Crippen molar-refractivity contribution in [2.75, 3.05) is 6.54 Å². The number of aromatic nitrogens is 2. The highest BCUT2D eigenvalue weighted by Crippen LogP contribution is 2.19. The normalized spacial score (nSPS) is 22.0. The summed E-state index contributed by atoms with van der Waals surface area (Å²) >= 11 is 3.45. The summed E-state index contributed by atoms with van der Waals surface area (Å²) < 4.78 is 1.94. The molecule has 76 valence electrons. The highest BCUT2D eigenvalue weighted by Gasteiger charge is 2.28. The summed E-state index contributed by atoms with van der Waals surface area (Å²) in [5.74, 6) is 1.13. The van der Waals surface area contributed by atoms with Gasteiger partial charge in [0.15, 0.2) is 0 Å². The number of hydrogen-bond acceptors (Lipinski definition) is 2. The van der Waals surface area contributed by atoms with Crippen LogP contribution in [0.3, 0.4) is 0 Å². The lowest BCUT2D eigenvalue weighted by Gasteiger charge is -2.14. The van der Waals surface area contributed by atoms with E-state index in [1.54, 1.807) is 6.20 Å². The monoisotopic (exact) mass is 257 g/mol. The molecule has 0 aliphatic carbocycles. The second-order valence-electron chi connectivity index (χ2n) is 3.53. The highest BCUT2D eigenvalue weighted by atomic mass is 79.9. The van der Waals surface area contributed by atoms with E-state index in [0.29, 0.717) is 17.8 Å². The Bertz CT molecular complexity index is 350. The van der Waals surface area contributed by atoms with Crippen LogP contribution < -0.4 is 0 Å². The number of rotatable bonds is 2. The molecule has 1 saturated heterocycles. The zero-order valence-corrected chi connectivity index (χ0v) is 9.57. The first-order valence-electron chi connectivity index (χ1n) is 4.55. The largest absolute Gasteiger partial charge is 0.337 e. The first-order chi connectivity index (χ1) is 6.66. The average Bonchev–Trinajstić information content (AvgIpc) is 2.62. The van der Waals surface area contributed by atoms with Gasteiger partial charge in [0.05, 0.1) is 6.54 Å². The lowest BCUT2D eigenvalue weighted by Crippen LogP contribution is -2.26. The highest BCUT2D eigenvalue weighted by molar-refractivity contribution is 9.09. The minimum atomic E-state index is 0.204. The van der Waals surface area contributed by atoms with Gasteiger partial charge in [-0.1, -0.05) is 15.9 Å². The number of alkyl halides is 1. The molecule has 0 radical (unpaired) electrons. The number of nitrogens with zero attached hydrogens (tertiary/aromatic N) is 3. The standard InChI is InChI=1S/C9H12BrN3O/c1-12-3-2-11-8(12)6-13-5-7(10)4-9(13)14/h2-3,7H,4-6H2,1H3. The molecule has 1 fully saturated rings. The van der Waals surface area contributed by atoms with Gasteiger partial charge in [-0.25, -0.2) is 4.98 Å². The number of amides is 1. The minimum Gasteiger partial charge on any atom is -0.337 e. The molecular formula is C9H12BrN3O. The number of halogens is 1. The lowest BCUT2D eigenvalue weighted by atomic mass is 10.4. The van der Waals surface area contributed by atoms with E-state index in [0.717, 1.165) is 12.4 Å². The van der Waals surface area contributed by atoms with Crippen LogP contribution in [-0.4, -0.2) is 31.7 Å². The van der Waals surface area contributed by atoms with Crippen LogP contribution in [-0.2, 0) is 18.4 Å². The topological polar surface area (TPSA) is 38.1 Å². The second-order valence-corrected chi connectivity index (χ2v) is 4.83. The Balaban J connectivity index is 2.05. The van der Waals surface area contributed by atoms with Crippen molar-refractivity contribution in [3.05, 3.63) is 18.2 Å². The van der Waals surface area contributed by atoms with Crippen molar-refractivity contribution >= 4 is 21.8 Å². The molecule has 0 spiro atoms. The van der Waals surface area contributed by atoms with Gasteiger partial charge < -0.3 is 9.47 Å². The summed E-state index contributed by atoms with van der Waals surface area (Å²) in [4.78, 5) is 17.8. The molecule has 1 aromatic rings. The van der Waals surface area contributed by atoms with Crippen LogP contribution in [0.2, 0.25) is 0 Å². The van der Waals surface area contributed by atoms with Gasteiger partial charge in [0, 0.05) is 37.2 Å². The van der Waals surface area contributed by atoms with Crippen LogP contribution in [0.4, 0.5) is 0 Å². The van der Waals surface area contributed by atoms with Crippen molar-refractivity contribution in [2.45, 2.75) is 17.8 Å². The summed E-state index contributed by atoms with van der Waals surface area (Å²) in [5.41, 5.74) is 0. The average molecular weight is 258 g/mol. The van der Waals surface area contributed by atoms with Crippen molar-refractivity contribution in [1.82, 2.24) is 14.5 Å². The molecule has 1 aliphatic heterocycles. The summed E-state index contributed by atoms with van der Waals surface area (Å²) in [7, 11) is 1.94. The van der Waals surface area contributed by atoms with Gasteiger partial charge in [0.25, 0.3) is 0 Å². The third-order valence-corrected chi connectivity index (χ3v) is 3.03. The molecule has 0 saturated carbocycles. The maximum absolute atomic E-state index is 11.5. The van der Waals surface area contributed by atoms with E-state index in [9.17, 15) is 4.79 Å². The smallest absolute Gasteiger partial charge is 0.224 e. The molecule has 1 atom stereocenters. The molecule has 2 heterocycles. The van der Waals surface area contributed by atoms with E-state index in [4.69, 9.17) is 0 Å². The fourth-order valence-electron chi connectivity index (χ4n) is 1.60. The van der Waals surface area contributed by atoms with Crippen LogP contribution in [0, 0.1) is 0 Å². The van der Waals surface area contributed by atoms with E-state index < -0.39 is 0 Å². The SMILES string of the molecule is Cn1ccnc1CN1CC(Br)CC1=O. The van der Waals surface area contributed by atoms with Gasteiger partial charge in [-0.15, -0.1) is 0 Å². The van der Waals surface area contributed by atoms with E-state index in [1.165, 1.54) is 0 Å². The van der Waals surface area contributed by atoms with Gasteiger partial charge >= 0.3 is 0 Å². The molecule has 1 amide bonds. The number of aryl methyl sites for hydroxylation is 1. The first-order valence-corrected chi connectivity index (χ1v) is 5.46. The van der Waals surface area contributed by atoms with E-state index in [1.807, 2.05) is 22.7 Å². The Morgan fingerprint density at radius 1 is 1.71 bits per heavy atom. The second kappa shape index (κ2) is 3.73. The van der Waals surface area contributed by atoms with Crippen molar-refractivity contribution in [1.29, 1.82) is 0 Å². The van der Waals surface area contributed by atoms with Crippen LogP contribution in [0.25, 0.3) is 0 Å². The van der Waals surface area contributed by atoms with Crippen molar-refractivity contribution in [2.24, 2.45) is 7.05 Å². The third kappa shape index (κ3) is 1.82. The van der Waals surface area contributed by atoms with Gasteiger partial charge in [-0.2, -0.15) is 0 Å². The maximum Gasteiger partial charge on any atom is 0.224 e. The Morgan fingerprint density at radius 3 is 3.00 bits per heavy atom.